The van der Waals surface area contributed by atoms with E-state index in [1.807, 2.05) is 0 Å². The topological polar surface area (TPSA) is 18.5 Å². The van der Waals surface area contributed by atoms with Gasteiger partial charge in [-0.25, -0.2) is 0 Å². The predicted molar refractivity (Wildman–Crippen MR) is 43.0 cm³/mol. The lowest BCUT2D eigenvalue weighted by molar-refractivity contribution is -0.106. The summed E-state index contributed by atoms with van der Waals surface area (Å²) in [6.07, 6.45) is 7.55. The molecule has 0 radical (unpaired) electrons. The maximum Gasteiger partial charge on any atom is 0.230 e. The SMILES string of the molecule is C#CC1(C)OCC(CCC)O1. The van der Waals surface area contributed by atoms with Crippen LogP contribution in [0, 0.1) is 12.3 Å². The second-order valence-electron chi connectivity index (χ2n) is 2.93. The van der Waals surface area contributed by atoms with Gasteiger partial charge < -0.3 is 9.47 Å². The van der Waals surface area contributed by atoms with Crippen molar-refractivity contribution in [1.82, 2.24) is 0 Å². The maximum atomic E-state index is 5.48. The van der Waals surface area contributed by atoms with E-state index in [0.717, 1.165) is 12.8 Å². The van der Waals surface area contributed by atoms with Crippen molar-refractivity contribution >= 4 is 0 Å². The second-order valence-corrected chi connectivity index (χ2v) is 2.93. The molecule has 0 aliphatic carbocycles. The van der Waals surface area contributed by atoms with Gasteiger partial charge in [-0.05, 0) is 12.3 Å². The summed E-state index contributed by atoms with van der Waals surface area (Å²) in [5, 5.41) is 0. The molecule has 62 valence electrons. The highest BCUT2D eigenvalue weighted by atomic mass is 16.7. The van der Waals surface area contributed by atoms with Crippen LogP contribution in [0.2, 0.25) is 0 Å². The lowest BCUT2D eigenvalue weighted by Gasteiger charge is -2.15. The van der Waals surface area contributed by atoms with E-state index in [9.17, 15) is 0 Å². The zero-order valence-electron chi connectivity index (χ0n) is 7.09. The van der Waals surface area contributed by atoms with E-state index in [-0.39, 0.29) is 6.10 Å². The van der Waals surface area contributed by atoms with Gasteiger partial charge in [0.05, 0.1) is 12.7 Å². The van der Waals surface area contributed by atoms with Crippen molar-refractivity contribution in [3.05, 3.63) is 0 Å². The second kappa shape index (κ2) is 3.25. The highest BCUT2D eigenvalue weighted by Crippen LogP contribution is 2.24. The van der Waals surface area contributed by atoms with Crippen molar-refractivity contribution in [1.29, 1.82) is 0 Å². The van der Waals surface area contributed by atoms with E-state index in [1.165, 1.54) is 0 Å². The van der Waals surface area contributed by atoms with Crippen LogP contribution < -0.4 is 0 Å². The fourth-order valence-corrected chi connectivity index (χ4v) is 1.18. The number of ether oxygens (including phenoxy) is 2. The van der Waals surface area contributed by atoms with Crippen LogP contribution in [-0.4, -0.2) is 18.5 Å². The molecule has 0 aromatic carbocycles. The van der Waals surface area contributed by atoms with Gasteiger partial charge in [-0.15, -0.1) is 6.42 Å². The van der Waals surface area contributed by atoms with Crippen LogP contribution in [0.4, 0.5) is 0 Å². The molecule has 1 heterocycles. The Kier molecular flexibility index (Phi) is 2.53. The first kappa shape index (κ1) is 8.58. The zero-order valence-corrected chi connectivity index (χ0v) is 7.09. The van der Waals surface area contributed by atoms with Crippen LogP contribution in [-0.2, 0) is 9.47 Å². The number of terminal acetylenes is 1. The van der Waals surface area contributed by atoms with Crippen molar-refractivity contribution in [3.8, 4) is 12.3 Å². The van der Waals surface area contributed by atoms with Crippen molar-refractivity contribution in [2.75, 3.05) is 6.61 Å². The Morgan fingerprint density at radius 3 is 2.91 bits per heavy atom. The smallest absolute Gasteiger partial charge is 0.230 e. The van der Waals surface area contributed by atoms with Gasteiger partial charge in [0, 0.05) is 6.92 Å². The summed E-state index contributed by atoms with van der Waals surface area (Å²) in [6.45, 7) is 4.53. The molecule has 0 bridgehead atoms. The lowest BCUT2D eigenvalue weighted by atomic mass is 10.2. The molecule has 0 amide bonds. The van der Waals surface area contributed by atoms with E-state index in [4.69, 9.17) is 15.9 Å². The Labute approximate surface area is 67.9 Å². The van der Waals surface area contributed by atoms with Crippen molar-refractivity contribution in [2.45, 2.75) is 38.6 Å². The number of rotatable bonds is 2. The standard InChI is InChI=1S/C9H14O2/c1-4-6-8-7-10-9(3,5-2)11-8/h2,8H,4,6-7H2,1,3H3. The summed E-state index contributed by atoms with van der Waals surface area (Å²) in [5.74, 6) is 1.72. The molecule has 2 atom stereocenters. The summed E-state index contributed by atoms with van der Waals surface area (Å²) < 4.78 is 10.8. The average Bonchev–Trinajstić information content (AvgIpc) is 2.35. The minimum absolute atomic E-state index is 0.195. The minimum Gasteiger partial charge on any atom is -0.337 e. The molecular weight excluding hydrogens is 140 g/mol. The van der Waals surface area contributed by atoms with E-state index in [0.29, 0.717) is 6.61 Å². The first-order chi connectivity index (χ1) is 5.20. The van der Waals surface area contributed by atoms with Crippen LogP contribution in [0.1, 0.15) is 26.7 Å². The molecule has 2 nitrogen and oxygen atoms in total. The van der Waals surface area contributed by atoms with E-state index in [1.54, 1.807) is 6.92 Å². The van der Waals surface area contributed by atoms with Gasteiger partial charge in [-0.3, -0.25) is 0 Å². The lowest BCUT2D eigenvalue weighted by Crippen LogP contribution is -2.23. The molecular formula is C9H14O2. The van der Waals surface area contributed by atoms with E-state index < -0.39 is 5.79 Å². The first-order valence-electron chi connectivity index (χ1n) is 3.99. The molecule has 1 aliphatic heterocycles. The predicted octanol–water partition coefficient (Wildman–Crippen LogP) is 1.55. The third kappa shape index (κ3) is 1.95. The molecule has 1 rings (SSSR count). The quantitative estimate of drug-likeness (QED) is 0.562. The third-order valence-electron chi connectivity index (χ3n) is 1.81. The Morgan fingerprint density at radius 2 is 2.45 bits per heavy atom. The molecule has 0 N–H and O–H groups in total. The zero-order chi connectivity index (χ0) is 8.32. The molecule has 0 aromatic heterocycles. The summed E-state index contributed by atoms with van der Waals surface area (Å²) in [6, 6.07) is 0. The van der Waals surface area contributed by atoms with Crippen LogP contribution in [0.25, 0.3) is 0 Å². The first-order valence-corrected chi connectivity index (χ1v) is 3.99. The fraction of sp³-hybridized carbons (Fsp3) is 0.778. The number of hydrogen-bond acceptors (Lipinski definition) is 2. The average molecular weight is 154 g/mol. The highest BCUT2D eigenvalue weighted by Gasteiger charge is 2.34. The van der Waals surface area contributed by atoms with Crippen LogP contribution >= 0.6 is 0 Å². The molecule has 0 spiro atoms. The maximum absolute atomic E-state index is 5.48. The largest absolute Gasteiger partial charge is 0.337 e. The van der Waals surface area contributed by atoms with Crippen molar-refractivity contribution in [2.24, 2.45) is 0 Å². The van der Waals surface area contributed by atoms with Gasteiger partial charge in [0.1, 0.15) is 0 Å². The summed E-state index contributed by atoms with van der Waals surface area (Å²) in [5.41, 5.74) is 0. The van der Waals surface area contributed by atoms with Crippen LogP contribution in [0.3, 0.4) is 0 Å². The van der Waals surface area contributed by atoms with Crippen LogP contribution in [0.5, 0.6) is 0 Å². The minimum atomic E-state index is -0.764. The molecule has 11 heavy (non-hydrogen) atoms. The van der Waals surface area contributed by atoms with Gasteiger partial charge in [-0.2, -0.15) is 0 Å². The number of hydrogen-bond donors (Lipinski definition) is 0. The van der Waals surface area contributed by atoms with Gasteiger partial charge in [0.2, 0.25) is 5.79 Å². The summed E-state index contributed by atoms with van der Waals surface area (Å²) in [7, 11) is 0. The van der Waals surface area contributed by atoms with Crippen LogP contribution in [0.15, 0.2) is 0 Å². The van der Waals surface area contributed by atoms with Gasteiger partial charge >= 0.3 is 0 Å². The summed E-state index contributed by atoms with van der Waals surface area (Å²) in [4.78, 5) is 0. The molecule has 1 aliphatic rings. The van der Waals surface area contributed by atoms with Crippen molar-refractivity contribution < 1.29 is 9.47 Å². The molecule has 1 fully saturated rings. The van der Waals surface area contributed by atoms with Gasteiger partial charge in [0.15, 0.2) is 0 Å². The molecule has 0 aromatic rings. The van der Waals surface area contributed by atoms with Crippen molar-refractivity contribution in [3.63, 3.8) is 0 Å². The Balaban J connectivity index is 2.41. The van der Waals surface area contributed by atoms with E-state index >= 15 is 0 Å². The molecule has 2 unspecified atom stereocenters. The Hall–Kier alpha value is -0.520. The molecule has 2 heteroatoms. The van der Waals surface area contributed by atoms with Gasteiger partial charge in [-0.1, -0.05) is 13.3 Å². The highest BCUT2D eigenvalue weighted by molar-refractivity contribution is 5.02. The monoisotopic (exact) mass is 154 g/mol. The Bertz CT molecular complexity index is 171. The Morgan fingerprint density at radius 1 is 1.73 bits per heavy atom. The fourth-order valence-electron chi connectivity index (χ4n) is 1.18. The van der Waals surface area contributed by atoms with E-state index in [2.05, 4.69) is 12.8 Å². The molecule has 1 saturated heterocycles. The summed E-state index contributed by atoms with van der Waals surface area (Å²) >= 11 is 0. The normalized spacial score (nSPS) is 37.0. The molecule has 0 saturated carbocycles. The third-order valence-corrected chi connectivity index (χ3v) is 1.81. The van der Waals surface area contributed by atoms with Gasteiger partial charge in [0.25, 0.3) is 0 Å².